The molecule has 5 heteroatoms. The van der Waals surface area contributed by atoms with Crippen molar-refractivity contribution in [3.05, 3.63) is 60.4 Å². The summed E-state index contributed by atoms with van der Waals surface area (Å²) in [7, 11) is 0. The number of carbonyl (C=O) groups is 2. The second-order valence-electron chi connectivity index (χ2n) is 7.36. The van der Waals surface area contributed by atoms with Crippen LogP contribution in [0.25, 0.3) is 11.0 Å². The van der Waals surface area contributed by atoms with E-state index in [1.165, 1.54) is 25.7 Å². The van der Waals surface area contributed by atoms with E-state index in [9.17, 15) is 9.59 Å². The number of rotatable bonds is 6. The molecule has 1 fully saturated rings. The number of carbonyl (C=O) groups excluding carboxylic acids is 2. The molecule has 0 radical (unpaired) electrons. The molecule has 3 aromatic rings. The zero-order valence-electron chi connectivity index (χ0n) is 15.7. The molecule has 0 unspecified atom stereocenters. The number of benzene rings is 2. The highest BCUT2D eigenvalue weighted by Gasteiger charge is 2.23. The van der Waals surface area contributed by atoms with Crippen LogP contribution >= 0.6 is 0 Å². The molecular formula is C23H24N2O3. The van der Waals surface area contributed by atoms with Crippen LogP contribution in [0.4, 0.5) is 11.4 Å². The fourth-order valence-corrected chi connectivity index (χ4v) is 3.87. The third kappa shape index (κ3) is 4.09. The van der Waals surface area contributed by atoms with Crippen LogP contribution in [0.15, 0.2) is 59.0 Å². The summed E-state index contributed by atoms with van der Waals surface area (Å²) in [4.78, 5) is 25.4. The van der Waals surface area contributed by atoms with Crippen LogP contribution in [0.5, 0.6) is 0 Å². The SMILES string of the molecule is O=C(CCC1CCCC1)Nc1c(C(=O)Nc2ccccc2)oc2ccccc12. The Morgan fingerprint density at radius 1 is 0.929 bits per heavy atom. The molecule has 1 aliphatic rings. The molecule has 2 N–H and O–H groups in total. The van der Waals surface area contributed by atoms with Gasteiger partial charge >= 0.3 is 0 Å². The standard InChI is InChI=1S/C23H24N2O3/c26-20(15-14-16-8-4-5-9-16)25-21-18-12-6-7-13-19(18)28-22(21)23(27)24-17-10-2-1-3-11-17/h1-3,6-7,10-13,16H,4-5,8-9,14-15H2,(H,24,27)(H,25,26). The van der Waals surface area contributed by atoms with Gasteiger partial charge in [-0.05, 0) is 36.6 Å². The fraction of sp³-hybridized carbons (Fsp3) is 0.304. The third-order valence-electron chi connectivity index (χ3n) is 5.35. The summed E-state index contributed by atoms with van der Waals surface area (Å²) in [5, 5.41) is 6.49. The number of para-hydroxylation sites is 2. The Hall–Kier alpha value is -3.08. The van der Waals surface area contributed by atoms with Gasteiger partial charge in [0.1, 0.15) is 11.3 Å². The Kier molecular flexibility index (Phi) is 5.42. The Morgan fingerprint density at radius 3 is 2.43 bits per heavy atom. The van der Waals surface area contributed by atoms with E-state index in [-0.39, 0.29) is 17.6 Å². The van der Waals surface area contributed by atoms with Gasteiger partial charge in [0.05, 0.1) is 0 Å². The van der Waals surface area contributed by atoms with E-state index >= 15 is 0 Å². The summed E-state index contributed by atoms with van der Waals surface area (Å²) in [5.41, 5.74) is 1.69. The smallest absolute Gasteiger partial charge is 0.293 e. The molecule has 1 aliphatic carbocycles. The summed E-state index contributed by atoms with van der Waals surface area (Å²) in [5.74, 6) is 0.313. The summed E-state index contributed by atoms with van der Waals surface area (Å²) < 4.78 is 5.79. The normalized spacial score (nSPS) is 14.3. The zero-order valence-corrected chi connectivity index (χ0v) is 15.7. The van der Waals surface area contributed by atoms with Gasteiger partial charge in [-0.1, -0.05) is 56.0 Å². The number of anilines is 2. The fourth-order valence-electron chi connectivity index (χ4n) is 3.87. The highest BCUT2D eigenvalue weighted by Crippen LogP contribution is 2.32. The third-order valence-corrected chi connectivity index (χ3v) is 5.35. The summed E-state index contributed by atoms with van der Waals surface area (Å²) in [6.45, 7) is 0. The lowest BCUT2D eigenvalue weighted by Gasteiger charge is -2.10. The Bertz CT molecular complexity index is 972. The molecule has 0 aliphatic heterocycles. The van der Waals surface area contributed by atoms with Gasteiger partial charge in [-0.25, -0.2) is 0 Å². The summed E-state index contributed by atoms with van der Waals surface area (Å²) in [6, 6.07) is 16.5. The number of amides is 2. The van der Waals surface area contributed by atoms with Crippen molar-refractivity contribution in [1.29, 1.82) is 0 Å². The van der Waals surface area contributed by atoms with Gasteiger partial charge in [0.2, 0.25) is 11.7 Å². The van der Waals surface area contributed by atoms with E-state index in [2.05, 4.69) is 10.6 Å². The van der Waals surface area contributed by atoms with Crippen molar-refractivity contribution in [1.82, 2.24) is 0 Å². The van der Waals surface area contributed by atoms with Crippen molar-refractivity contribution in [3.63, 3.8) is 0 Å². The predicted octanol–water partition coefficient (Wildman–Crippen LogP) is 5.59. The minimum atomic E-state index is -0.381. The van der Waals surface area contributed by atoms with Gasteiger partial charge in [-0.2, -0.15) is 0 Å². The van der Waals surface area contributed by atoms with E-state index in [4.69, 9.17) is 4.42 Å². The van der Waals surface area contributed by atoms with Crippen LogP contribution < -0.4 is 10.6 Å². The minimum absolute atomic E-state index is 0.0767. The van der Waals surface area contributed by atoms with Crippen molar-refractivity contribution >= 4 is 34.2 Å². The Balaban J connectivity index is 1.54. The lowest BCUT2D eigenvalue weighted by molar-refractivity contribution is -0.116. The first-order valence-electron chi connectivity index (χ1n) is 9.88. The van der Waals surface area contributed by atoms with Crippen LogP contribution in [-0.4, -0.2) is 11.8 Å². The maximum atomic E-state index is 12.8. The average Bonchev–Trinajstić information content (AvgIpc) is 3.35. The van der Waals surface area contributed by atoms with Gasteiger partial charge in [-0.3, -0.25) is 9.59 Å². The van der Waals surface area contributed by atoms with E-state index in [0.717, 1.165) is 11.8 Å². The minimum Gasteiger partial charge on any atom is -0.449 e. The van der Waals surface area contributed by atoms with E-state index in [1.807, 2.05) is 36.4 Å². The molecule has 0 saturated heterocycles. The van der Waals surface area contributed by atoms with Crippen LogP contribution in [0.1, 0.15) is 49.1 Å². The second kappa shape index (κ2) is 8.30. The molecular weight excluding hydrogens is 352 g/mol. The molecule has 0 atom stereocenters. The van der Waals surface area contributed by atoms with Crippen molar-refractivity contribution < 1.29 is 14.0 Å². The number of furan rings is 1. The largest absolute Gasteiger partial charge is 0.449 e. The molecule has 1 heterocycles. The van der Waals surface area contributed by atoms with Crippen LogP contribution in [0.2, 0.25) is 0 Å². The van der Waals surface area contributed by atoms with Crippen LogP contribution in [0, 0.1) is 5.92 Å². The molecule has 2 aromatic carbocycles. The van der Waals surface area contributed by atoms with Gasteiger partial charge in [0.25, 0.3) is 5.91 Å². The van der Waals surface area contributed by atoms with Gasteiger partial charge in [0.15, 0.2) is 0 Å². The Labute approximate surface area is 164 Å². The number of nitrogens with one attached hydrogen (secondary N) is 2. The molecule has 4 rings (SSSR count). The van der Waals surface area contributed by atoms with Gasteiger partial charge in [-0.15, -0.1) is 0 Å². The van der Waals surface area contributed by atoms with Crippen molar-refractivity contribution in [2.45, 2.75) is 38.5 Å². The van der Waals surface area contributed by atoms with Crippen LogP contribution in [-0.2, 0) is 4.79 Å². The lowest BCUT2D eigenvalue weighted by Crippen LogP contribution is -2.17. The molecule has 144 valence electrons. The predicted molar refractivity (Wildman–Crippen MR) is 110 cm³/mol. The van der Waals surface area contributed by atoms with Crippen LogP contribution in [0.3, 0.4) is 0 Å². The summed E-state index contributed by atoms with van der Waals surface area (Å²) >= 11 is 0. The van der Waals surface area contributed by atoms with Crippen molar-refractivity contribution in [3.8, 4) is 0 Å². The molecule has 0 bridgehead atoms. The highest BCUT2D eigenvalue weighted by atomic mass is 16.3. The van der Waals surface area contributed by atoms with Gasteiger partial charge < -0.3 is 15.1 Å². The maximum absolute atomic E-state index is 12.8. The average molecular weight is 376 g/mol. The molecule has 2 amide bonds. The first-order valence-corrected chi connectivity index (χ1v) is 9.88. The number of hydrogen-bond donors (Lipinski definition) is 2. The zero-order chi connectivity index (χ0) is 19.3. The molecule has 0 spiro atoms. The van der Waals surface area contributed by atoms with Gasteiger partial charge in [0, 0.05) is 17.5 Å². The van der Waals surface area contributed by atoms with Crippen molar-refractivity contribution in [2.24, 2.45) is 5.92 Å². The van der Waals surface area contributed by atoms with Crippen molar-refractivity contribution in [2.75, 3.05) is 10.6 Å². The first kappa shape index (κ1) is 18.3. The molecule has 5 nitrogen and oxygen atoms in total. The molecule has 1 aromatic heterocycles. The monoisotopic (exact) mass is 376 g/mol. The van der Waals surface area contributed by atoms with E-state index in [0.29, 0.717) is 29.3 Å². The number of fused-ring (bicyclic) bond motifs is 1. The lowest BCUT2D eigenvalue weighted by atomic mass is 10.0. The maximum Gasteiger partial charge on any atom is 0.293 e. The van der Waals surface area contributed by atoms with E-state index in [1.54, 1.807) is 18.2 Å². The quantitative estimate of drug-likeness (QED) is 0.589. The summed E-state index contributed by atoms with van der Waals surface area (Å²) in [6.07, 6.45) is 6.32. The number of hydrogen-bond acceptors (Lipinski definition) is 3. The Morgan fingerprint density at radius 2 is 1.64 bits per heavy atom. The topological polar surface area (TPSA) is 71.3 Å². The van der Waals surface area contributed by atoms with E-state index < -0.39 is 0 Å². The molecule has 1 saturated carbocycles. The second-order valence-corrected chi connectivity index (χ2v) is 7.36. The molecule has 28 heavy (non-hydrogen) atoms. The highest BCUT2D eigenvalue weighted by molar-refractivity contribution is 6.14. The first-order chi connectivity index (χ1) is 13.7.